The lowest BCUT2D eigenvalue weighted by molar-refractivity contribution is 0.392. The van der Waals surface area contributed by atoms with Gasteiger partial charge < -0.3 is 9.64 Å². The summed E-state index contributed by atoms with van der Waals surface area (Å²) in [7, 11) is 3.70. The maximum Gasteiger partial charge on any atom is 0.221 e. The van der Waals surface area contributed by atoms with Gasteiger partial charge in [0.1, 0.15) is 16.6 Å². The summed E-state index contributed by atoms with van der Waals surface area (Å²) in [4.78, 5) is 17.3. The predicted molar refractivity (Wildman–Crippen MR) is 88.9 cm³/mol. The minimum atomic E-state index is 0.646. The molecule has 0 fully saturated rings. The molecule has 22 heavy (non-hydrogen) atoms. The number of aromatic nitrogens is 3. The Morgan fingerprint density at radius 1 is 1.14 bits per heavy atom. The number of thiazole rings is 1. The molecule has 0 amide bonds. The number of hydrogen-bond donors (Lipinski definition) is 0. The summed E-state index contributed by atoms with van der Waals surface area (Å²) in [6.07, 6.45) is 4.89. The molecule has 118 valence electrons. The fraction of sp³-hybridized carbons (Fsp3) is 0.562. The Labute approximate surface area is 135 Å². The van der Waals surface area contributed by atoms with Gasteiger partial charge in [-0.15, -0.1) is 11.3 Å². The van der Waals surface area contributed by atoms with Crippen molar-refractivity contribution in [2.45, 2.75) is 46.1 Å². The number of anilines is 1. The van der Waals surface area contributed by atoms with E-state index in [2.05, 4.69) is 21.9 Å². The highest BCUT2D eigenvalue weighted by molar-refractivity contribution is 7.11. The molecule has 3 rings (SSSR count). The molecule has 2 aromatic rings. The Bertz CT molecular complexity index is 660. The average Bonchev–Trinajstić information content (AvgIpc) is 2.91. The fourth-order valence-corrected chi connectivity index (χ4v) is 4.12. The molecule has 0 radical (unpaired) electrons. The zero-order chi connectivity index (χ0) is 15.7. The highest BCUT2D eigenvalue weighted by Crippen LogP contribution is 2.29. The fourth-order valence-electron chi connectivity index (χ4n) is 2.91. The Morgan fingerprint density at radius 3 is 2.64 bits per heavy atom. The summed E-state index contributed by atoms with van der Waals surface area (Å²) in [6, 6.07) is 0. The van der Waals surface area contributed by atoms with E-state index < -0.39 is 0 Å². The third kappa shape index (κ3) is 2.92. The predicted octanol–water partition coefficient (Wildman–Crippen LogP) is 3.07. The van der Waals surface area contributed by atoms with Crippen molar-refractivity contribution in [3.8, 4) is 5.88 Å². The van der Waals surface area contributed by atoms with Crippen LogP contribution in [0, 0.1) is 13.8 Å². The largest absolute Gasteiger partial charge is 0.481 e. The molecule has 1 aliphatic rings. The van der Waals surface area contributed by atoms with E-state index in [1.165, 1.54) is 34.8 Å². The second-order valence-electron chi connectivity index (χ2n) is 5.77. The summed E-state index contributed by atoms with van der Waals surface area (Å²) in [5.41, 5.74) is 2.28. The first kappa shape index (κ1) is 15.2. The van der Waals surface area contributed by atoms with E-state index in [0.717, 1.165) is 30.2 Å². The summed E-state index contributed by atoms with van der Waals surface area (Å²) in [5, 5.41) is 1.17. The van der Waals surface area contributed by atoms with Gasteiger partial charge in [-0.3, -0.25) is 0 Å². The monoisotopic (exact) mass is 318 g/mol. The van der Waals surface area contributed by atoms with E-state index in [-0.39, 0.29) is 0 Å². The maximum atomic E-state index is 5.34. The summed E-state index contributed by atoms with van der Waals surface area (Å²) < 4.78 is 5.34. The third-order valence-electron chi connectivity index (χ3n) is 4.00. The minimum absolute atomic E-state index is 0.646. The van der Waals surface area contributed by atoms with Crippen LogP contribution in [0.2, 0.25) is 0 Å². The topological polar surface area (TPSA) is 51.1 Å². The Balaban J connectivity index is 1.84. The highest BCUT2D eigenvalue weighted by Gasteiger charge is 2.18. The molecule has 0 saturated carbocycles. The van der Waals surface area contributed by atoms with Gasteiger partial charge in [0.2, 0.25) is 5.88 Å². The van der Waals surface area contributed by atoms with Crippen molar-refractivity contribution in [3.63, 3.8) is 0 Å². The average molecular weight is 318 g/mol. The molecular weight excluding hydrogens is 296 g/mol. The first-order chi connectivity index (χ1) is 10.6. The molecule has 1 aliphatic carbocycles. The van der Waals surface area contributed by atoms with Crippen LogP contribution in [0.1, 0.15) is 39.8 Å². The quantitative estimate of drug-likeness (QED) is 0.867. The van der Waals surface area contributed by atoms with Crippen molar-refractivity contribution in [1.29, 1.82) is 0 Å². The summed E-state index contributed by atoms with van der Waals surface area (Å²) in [6.45, 7) is 4.66. The molecule has 0 atom stereocenters. The van der Waals surface area contributed by atoms with Crippen molar-refractivity contribution in [2.75, 3.05) is 19.1 Å². The zero-order valence-corrected chi connectivity index (χ0v) is 14.5. The van der Waals surface area contributed by atoms with Crippen LogP contribution in [0.25, 0.3) is 0 Å². The van der Waals surface area contributed by atoms with E-state index in [1.807, 2.05) is 25.2 Å². The lowest BCUT2D eigenvalue weighted by Gasteiger charge is -2.20. The lowest BCUT2D eigenvalue weighted by Crippen LogP contribution is -2.20. The molecule has 2 heterocycles. The Morgan fingerprint density at radius 2 is 1.91 bits per heavy atom. The van der Waals surface area contributed by atoms with Crippen molar-refractivity contribution in [1.82, 2.24) is 15.0 Å². The van der Waals surface area contributed by atoms with E-state index in [4.69, 9.17) is 9.72 Å². The molecule has 0 aliphatic heterocycles. The van der Waals surface area contributed by atoms with Crippen LogP contribution in [0.5, 0.6) is 5.88 Å². The minimum Gasteiger partial charge on any atom is -0.481 e. The number of fused-ring (bicyclic) bond motifs is 1. The molecular formula is C16H22N4OS. The van der Waals surface area contributed by atoms with E-state index in [0.29, 0.717) is 5.88 Å². The summed E-state index contributed by atoms with van der Waals surface area (Å²) >= 11 is 1.85. The van der Waals surface area contributed by atoms with Crippen LogP contribution in [0.15, 0.2) is 0 Å². The normalized spacial score (nSPS) is 13.8. The number of methoxy groups -OCH3 is 1. The first-order valence-electron chi connectivity index (χ1n) is 7.66. The number of nitrogens with zero attached hydrogens (tertiary/aromatic N) is 4. The van der Waals surface area contributed by atoms with Crippen LogP contribution in [0.3, 0.4) is 0 Å². The smallest absolute Gasteiger partial charge is 0.221 e. The molecule has 2 aromatic heterocycles. The molecule has 0 N–H and O–H groups in total. The highest BCUT2D eigenvalue weighted by atomic mass is 32.1. The van der Waals surface area contributed by atoms with Gasteiger partial charge in [0.15, 0.2) is 0 Å². The lowest BCUT2D eigenvalue weighted by atomic mass is 10.0. The number of aryl methyl sites for hydroxylation is 3. The van der Waals surface area contributed by atoms with Gasteiger partial charge >= 0.3 is 0 Å². The van der Waals surface area contributed by atoms with Gasteiger partial charge in [-0.25, -0.2) is 9.97 Å². The Hall–Kier alpha value is -1.69. The molecule has 0 saturated heterocycles. The van der Waals surface area contributed by atoms with Gasteiger partial charge in [-0.1, -0.05) is 0 Å². The second-order valence-corrected chi connectivity index (χ2v) is 6.94. The van der Waals surface area contributed by atoms with Crippen LogP contribution < -0.4 is 9.64 Å². The van der Waals surface area contributed by atoms with E-state index in [9.17, 15) is 0 Å². The third-order valence-corrected chi connectivity index (χ3v) is 5.15. The maximum absolute atomic E-state index is 5.34. The molecule has 5 nitrogen and oxygen atoms in total. The Kier molecular flexibility index (Phi) is 4.29. The van der Waals surface area contributed by atoms with Crippen LogP contribution >= 0.6 is 11.3 Å². The number of ether oxygens (including phenoxy) is 1. The summed E-state index contributed by atoms with van der Waals surface area (Å²) in [5.74, 6) is 2.29. The standard InChI is InChI=1S/C16H22N4OS/c1-10-15(17-11(2)18-16(10)21-4)20(3)9-14-19-12-7-5-6-8-13(12)22-14/h5-9H2,1-4H3. The number of rotatable bonds is 4. The van der Waals surface area contributed by atoms with Gasteiger partial charge in [-0.2, -0.15) is 4.98 Å². The van der Waals surface area contributed by atoms with Gasteiger partial charge in [0.05, 0.1) is 24.9 Å². The molecule has 0 bridgehead atoms. The van der Waals surface area contributed by atoms with Crippen molar-refractivity contribution in [2.24, 2.45) is 0 Å². The van der Waals surface area contributed by atoms with Gasteiger partial charge in [-0.05, 0) is 39.5 Å². The van der Waals surface area contributed by atoms with E-state index in [1.54, 1.807) is 7.11 Å². The molecule has 0 spiro atoms. The zero-order valence-electron chi connectivity index (χ0n) is 13.6. The first-order valence-corrected chi connectivity index (χ1v) is 8.48. The van der Waals surface area contributed by atoms with Crippen molar-refractivity contribution in [3.05, 3.63) is 27.0 Å². The number of hydrogen-bond acceptors (Lipinski definition) is 6. The molecule has 0 unspecified atom stereocenters. The van der Waals surface area contributed by atoms with Gasteiger partial charge in [0, 0.05) is 11.9 Å². The molecule has 0 aromatic carbocycles. The van der Waals surface area contributed by atoms with Crippen molar-refractivity contribution < 1.29 is 4.74 Å². The van der Waals surface area contributed by atoms with E-state index >= 15 is 0 Å². The van der Waals surface area contributed by atoms with Gasteiger partial charge in [0.25, 0.3) is 0 Å². The van der Waals surface area contributed by atoms with Crippen LogP contribution in [0.4, 0.5) is 5.82 Å². The second kappa shape index (κ2) is 6.20. The molecule has 6 heteroatoms. The van der Waals surface area contributed by atoms with Crippen LogP contribution in [-0.2, 0) is 19.4 Å². The SMILES string of the molecule is COc1nc(C)nc(N(C)Cc2nc3c(s2)CCCC3)c1C. The van der Waals surface area contributed by atoms with Crippen LogP contribution in [-0.4, -0.2) is 29.1 Å². The van der Waals surface area contributed by atoms with Crippen molar-refractivity contribution >= 4 is 17.2 Å².